The molecule has 2 rings (SSSR count). The molecule has 6 nitrogen and oxygen atoms in total. The monoisotopic (exact) mass is 208 g/mol. The fourth-order valence-corrected chi connectivity index (χ4v) is 1.76. The van der Waals surface area contributed by atoms with E-state index >= 15 is 0 Å². The molecule has 1 aliphatic heterocycles. The van der Waals surface area contributed by atoms with Gasteiger partial charge < -0.3 is 5.11 Å². The highest BCUT2D eigenvalue weighted by atomic mass is 16.7. The molecule has 1 unspecified atom stereocenters. The molecule has 1 aromatic rings. The summed E-state index contributed by atoms with van der Waals surface area (Å²) in [5, 5.41) is 19.6. The number of carboxylic acids is 1. The Kier molecular flexibility index (Phi) is 2.03. The molecule has 6 heteroatoms. The van der Waals surface area contributed by atoms with Crippen molar-refractivity contribution in [1.82, 2.24) is 0 Å². The van der Waals surface area contributed by atoms with Gasteiger partial charge in [-0.25, -0.2) is 14.9 Å². The van der Waals surface area contributed by atoms with Crippen molar-refractivity contribution in [3.63, 3.8) is 0 Å². The molecule has 1 aromatic carbocycles. The molecular weight excluding hydrogens is 200 g/mol. The number of nitrogens with zero attached hydrogens (tertiary/aromatic N) is 2. The van der Waals surface area contributed by atoms with Crippen molar-refractivity contribution in [3.05, 3.63) is 39.9 Å². The number of carbonyl (C=O) groups is 1. The topological polar surface area (TPSA) is 83.7 Å². The van der Waals surface area contributed by atoms with Crippen molar-refractivity contribution in [2.24, 2.45) is 0 Å². The van der Waals surface area contributed by atoms with Crippen LogP contribution in [0, 0.1) is 10.1 Å². The minimum Gasteiger partial charge on any atom is -0.480 e. The van der Waals surface area contributed by atoms with Gasteiger partial charge in [-0.05, 0) is 11.6 Å². The zero-order valence-corrected chi connectivity index (χ0v) is 7.66. The summed E-state index contributed by atoms with van der Waals surface area (Å²) in [7, 11) is 0. The Balaban J connectivity index is 2.46. The average molecular weight is 208 g/mol. The van der Waals surface area contributed by atoms with Crippen LogP contribution < -0.4 is 5.01 Å². The molecule has 15 heavy (non-hydrogen) atoms. The van der Waals surface area contributed by atoms with Crippen LogP contribution in [0.25, 0.3) is 0 Å². The average Bonchev–Trinajstić information content (AvgIpc) is 2.56. The van der Waals surface area contributed by atoms with Crippen LogP contribution in [0.3, 0.4) is 0 Å². The first-order valence-electron chi connectivity index (χ1n) is 4.35. The zero-order valence-electron chi connectivity index (χ0n) is 7.66. The summed E-state index contributed by atoms with van der Waals surface area (Å²) in [6.45, 7) is 0. The van der Waals surface area contributed by atoms with E-state index in [0.29, 0.717) is 16.3 Å². The summed E-state index contributed by atoms with van der Waals surface area (Å²) in [4.78, 5) is 21.6. The number of fused-ring (bicyclic) bond motifs is 1. The van der Waals surface area contributed by atoms with Crippen LogP contribution in [-0.4, -0.2) is 22.1 Å². The van der Waals surface area contributed by atoms with Crippen molar-refractivity contribution >= 4 is 11.7 Å². The summed E-state index contributed by atoms with van der Waals surface area (Å²) in [5.41, 5.74) is 1.07. The van der Waals surface area contributed by atoms with E-state index in [0.717, 1.165) is 0 Å². The Hall–Kier alpha value is -2.11. The SMILES string of the molecule is O=C(O)C1Cc2ccccc2N1[N+](=O)[O-]. The number of nitro groups is 1. The Morgan fingerprint density at radius 3 is 2.80 bits per heavy atom. The lowest BCUT2D eigenvalue weighted by Gasteiger charge is -2.12. The summed E-state index contributed by atoms with van der Waals surface area (Å²) in [6, 6.07) is 5.55. The summed E-state index contributed by atoms with van der Waals surface area (Å²) in [5.74, 6) is -1.18. The first kappa shape index (κ1) is 9.45. The van der Waals surface area contributed by atoms with Crippen LogP contribution in [0.4, 0.5) is 5.69 Å². The van der Waals surface area contributed by atoms with Crippen LogP contribution in [0.2, 0.25) is 0 Å². The van der Waals surface area contributed by atoms with Gasteiger partial charge in [-0.1, -0.05) is 23.2 Å². The van der Waals surface area contributed by atoms with Gasteiger partial charge in [0.1, 0.15) is 5.69 Å². The molecule has 1 atom stereocenters. The van der Waals surface area contributed by atoms with E-state index in [1.165, 1.54) is 0 Å². The summed E-state index contributed by atoms with van der Waals surface area (Å²) < 4.78 is 0. The first-order chi connectivity index (χ1) is 7.11. The second-order valence-electron chi connectivity index (χ2n) is 3.27. The summed E-state index contributed by atoms with van der Waals surface area (Å²) >= 11 is 0. The van der Waals surface area contributed by atoms with Crippen molar-refractivity contribution in [1.29, 1.82) is 0 Å². The van der Waals surface area contributed by atoms with Crippen LogP contribution in [0.15, 0.2) is 24.3 Å². The minimum absolute atomic E-state index is 0.173. The van der Waals surface area contributed by atoms with E-state index in [1.807, 2.05) is 0 Å². The number of carboxylic acid groups (broad SMARTS) is 1. The number of para-hydroxylation sites is 1. The third kappa shape index (κ3) is 1.39. The third-order valence-corrected chi connectivity index (χ3v) is 2.41. The molecular formula is C9H8N2O4. The minimum atomic E-state index is -1.18. The molecule has 0 aromatic heterocycles. The number of hydrazine groups is 1. The molecule has 0 saturated carbocycles. The molecule has 1 heterocycles. The van der Waals surface area contributed by atoms with Gasteiger partial charge >= 0.3 is 5.97 Å². The van der Waals surface area contributed by atoms with Gasteiger partial charge in [0, 0.05) is 6.42 Å². The predicted molar refractivity (Wildman–Crippen MR) is 51.0 cm³/mol. The Morgan fingerprint density at radius 2 is 2.20 bits per heavy atom. The van der Waals surface area contributed by atoms with Gasteiger partial charge in [0.05, 0.1) is 0 Å². The van der Waals surface area contributed by atoms with Gasteiger partial charge in [0.2, 0.25) is 0 Å². The molecule has 0 bridgehead atoms. The highest BCUT2D eigenvalue weighted by Crippen LogP contribution is 2.31. The van der Waals surface area contributed by atoms with Crippen LogP contribution in [0.1, 0.15) is 5.56 Å². The maximum Gasteiger partial charge on any atom is 0.333 e. The normalized spacial score (nSPS) is 18.7. The van der Waals surface area contributed by atoms with Gasteiger partial charge in [-0.3, -0.25) is 0 Å². The molecule has 0 amide bonds. The number of rotatable bonds is 2. The highest BCUT2D eigenvalue weighted by molar-refractivity contribution is 5.81. The zero-order chi connectivity index (χ0) is 11.0. The third-order valence-electron chi connectivity index (χ3n) is 2.41. The number of hydrogen-bond acceptors (Lipinski definition) is 3. The standard InChI is InChI=1S/C9H8N2O4/c12-9(13)8-5-6-3-1-2-4-7(6)10(8)11(14)15/h1-4,8H,5H2,(H,12,13). The lowest BCUT2D eigenvalue weighted by atomic mass is 10.1. The highest BCUT2D eigenvalue weighted by Gasteiger charge is 2.41. The van der Waals surface area contributed by atoms with E-state index in [-0.39, 0.29) is 6.42 Å². The number of anilines is 1. The van der Waals surface area contributed by atoms with Crippen molar-refractivity contribution in [2.45, 2.75) is 12.5 Å². The first-order valence-corrected chi connectivity index (χ1v) is 4.35. The fourth-order valence-electron chi connectivity index (χ4n) is 1.76. The smallest absolute Gasteiger partial charge is 0.333 e. The Bertz CT molecular complexity index is 432. The van der Waals surface area contributed by atoms with E-state index in [4.69, 9.17) is 5.11 Å². The van der Waals surface area contributed by atoms with Gasteiger partial charge in [0.25, 0.3) is 0 Å². The van der Waals surface area contributed by atoms with E-state index in [9.17, 15) is 14.9 Å². The number of hydrogen-bond donors (Lipinski definition) is 1. The predicted octanol–water partition coefficient (Wildman–Crippen LogP) is 0.694. The summed E-state index contributed by atoms with van der Waals surface area (Å²) in [6.07, 6.45) is 0.173. The molecule has 78 valence electrons. The maximum absolute atomic E-state index is 10.8. The van der Waals surface area contributed by atoms with Crippen LogP contribution in [0.5, 0.6) is 0 Å². The number of aliphatic carboxylic acids is 1. The molecule has 0 fully saturated rings. The molecule has 1 aliphatic rings. The second-order valence-corrected chi connectivity index (χ2v) is 3.27. The molecule has 0 aliphatic carbocycles. The largest absolute Gasteiger partial charge is 0.480 e. The fraction of sp³-hybridized carbons (Fsp3) is 0.222. The lowest BCUT2D eigenvalue weighted by Crippen LogP contribution is -2.42. The Labute approximate surface area is 84.9 Å². The van der Waals surface area contributed by atoms with Gasteiger partial charge in [-0.2, -0.15) is 0 Å². The van der Waals surface area contributed by atoms with Crippen molar-refractivity contribution in [2.75, 3.05) is 5.01 Å². The van der Waals surface area contributed by atoms with Gasteiger partial charge in [-0.15, -0.1) is 0 Å². The van der Waals surface area contributed by atoms with Crippen molar-refractivity contribution < 1.29 is 14.9 Å². The molecule has 0 radical (unpaired) electrons. The van der Waals surface area contributed by atoms with E-state index in [2.05, 4.69) is 0 Å². The molecule has 0 spiro atoms. The lowest BCUT2D eigenvalue weighted by molar-refractivity contribution is -0.497. The van der Waals surface area contributed by atoms with E-state index in [1.54, 1.807) is 24.3 Å². The molecule has 0 saturated heterocycles. The van der Waals surface area contributed by atoms with Crippen LogP contribution >= 0.6 is 0 Å². The maximum atomic E-state index is 10.8. The second kappa shape index (κ2) is 3.23. The quantitative estimate of drug-likeness (QED) is 0.571. The molecule has 1 N–H and O–H groups in total. The van der Waals surface area contributed by atoms with Crippen LogP contribution in [-0.2, 0) is 11.2 Å². The van der Waals surface area contributed by atoms with E-state index < -0.39 is 17.0 Å². The van der Waals surface area contributed by atoms with Crippen molar-refractivity contribution in [3.8, 4) is 0 Å². The number of benzene rings is 1. The Morgan fingerprint density at radius 1 is 1.53 bits per heavy atom. The van der Waals surface area contributed by atoms with Gasteiger partial charge in [0.15, 0.2) is 11.1 Å².